The summed E-state index contributed by atoms with van der Waals surface area (Å²) in [4.78, 5) is 14.0. The standard InChI is InChI=1S/C15H27NO3/c1-11(17)9-12-7-8-16(15(5,6)10-12)13(18)19-14(2,3)4/h12,17H,1,7-10H2,2-6H3. The van der Waals surface area contributed by atoms with Crippen LogP contribution in [0.15, 0.2) is 12.3 Å². The quantitative estimate of drug-likeness (QED) is 0.774. The van der Waals surface area contributed by atoms with Crippen molar-refractivity contribution in [2.45, 2.75) is 65.0 Å². The molecule has 0 saturated carbocycles. The fourth-order valence-corrected chi connectivity index (χ4v) is 2.70. The van der Waals surface area contributed by atoms with Crippen LogP contribution in [-0.4, -0.2) is 33.8 Å². The number of ether oxygens (including phenoxy) is 1. The number of rotatable bonds is 2. The molecule has 4 heteroatoms. The molecule has 0 aromatic heterocycles. The van der Waals surface area contributed by atoms with Gasteiger partial charge in [-0.25, -0.2) is 4.79 Å². The van der Waals surface area contributed by atoms with Crippen molar-refractivity contribution in [2.24, 2.45) is 5.92 Å². The Labute approximate surface area is 116 Å². The molecule has 110 valence electrons. The predicted molar refractivity (Wildman–Crippen MR) is 76.1 cm³/mol. The fraction of sp³-hybridized carbons (Fsp3) is 0.800. The van der Waals surface area contributed by atoms with Crippen molar-refractivity contribution in [3.8, 4) is 0 Å². The summed E-state index contributed by atoms with van der Waals surface area (Å²) in [6.07, 6.45) is 2.10. The Morgan fingerprint density at radius 2 is 2.05 bits per heavy atom. The number of aliphatic hydroxyl groups excluding tert-OH is 1. The van der Waals surface area contributed by atoms with E-state index in [2.05, 4.69) is 6.58 Å². The van der Waals surface area contributed by atoms with Crippen molar-refractivity contribution >= 4 is 6.09 Å². The Kier molecular flexibility index (Phi) is 4.54. The zero-order valence-corrected chi connectivity index (χ0v) is 12.8. The summed E-state index contributed by atoms with van der Waals surface area (Å²) >= 11 is 0. The highest BCUT2D eigenvalue weighted by molar-refractivity contribution is 5.69. The monoisotopic (exact) mass is 269 g/mol. The molecule has 0 spiro atoms. The summed E-state index contributed by atoms with van der Waals surface area (Å²) in [6.45, 7) is 13.9. The van der Waals surface area contributed by atoms with Crippen LogP contribution in [0, 0.1) is 5.92 Å². The van der Waals surface area contributed by atoms with E-state index in [1.807, 2.05) is 34.6 Å². The minimum atomic E-state index is -0.469. The highest BCUT2D eigenvalue weighted by Gasteiger charge is 2.39. The van der Waals surface area contributed by atoms with Gasteiger partial charge in [0.05, 0.1) is 5.76 Å². The molecule has 0 aromatic carbocycles. The number of likely N-dealkylation sites (tertiary alicyclic amines) is 1. The lowest BCUT2D eigenvalue weighted by atomic mass is 9.81. The van der Waals surface area contributed by atoms with E-state index in [9.17, 15) is 9.90 Å². The van der Waals surface area contributed by atoms with Crippen molar-refractivity contribution in [1.29, 1.82) is 0 Å². The van der Waals surface area contributed by atoms with Gasteiger partial charge in [-0.2, -0.15) is 0 Å². The van der Waals surface area contributed by atoms with Gasteiger partial charge in [0.25, 0.3) is 0 Å². The summed E-state index contributed by atoms with van der Waals surface area (Å²) in [5.41, 5.74) is -0.718. The zero-order chi connectivity index (χ0) is 14.8. The average Bonchev–Trinajstić information content (AvgIpc) is 2.11. The summed E-state index contributed by atoms with van der Waals surface area (Å²) in [7, 11) is 0. The first-order valence-corrected chi connectivity index (χ1v) is 6.88. The molecule has 1 amide bonds. The highest BCUT2D eigenvalue weighted by atomic mass is 16.6. The van der Waals surface area contributed by atoms with E-state index < -0.39 is 5.60 Å². The van der Waals surface area contributed by atoms with Gasteiger partial charge in [0.15, 0.2) is 0 Å². The van der Waals surface area contributed by atoms with Crippen LogP contribution in [0.2, 0.25) is 0 Å². The van der Waals surface area contributed by atoms with Gasteiger partial charge in [0, 0.05) is 18.5 Å². The highest BCUT2D eigenvalue weighted by Crippen LogP contribution is 2.35. The largest absolute Gasteiger partial charge is 0.513 e. The number of carbonyl (C=O) groups excluding carboxylic acids is 1. The summed E-state index contributed by atoms with van der Waals surface area (Å²) in [5.74, 6) is 0.609. The van der Waals surface area contributed by atoms with E-state index in [1.165, 1.54) is 0 Å². The number of carbonyl (C=O) groups is 1. The maximum Gasteiger partial charge on any atom is 0.410 e. The number of amides is 1. The summed E-state index contributed by atoms with van der Waals surface area (Å²) < 4.78 is 5.45. The second kappa shape index (κ2) is 5.43. The van der Waals surface area contributed by atoms with Gasteiger partial charge in [-0.05, 0) is 53.4 Å². The van der Waals surface area contributed by atoms with E-state index in [0.29, 0.717) is 18.9 Å². The van der Waals surface area contributed by atoms with Crippen molar-refractivity contribution in [3.63, 3.8) is 0 Å². The number of piperidine rings is 1. The molecule has 1 saturated heterocycles. The Balaban J connectivity index is 2.68. The zero-order valence-electron chi connectivity index (χ0n) is 12.8. The van der Waals surface area contributed by atoms with Gasteiger partial charge in [0.2, 0.25) is 0 Å². The fourth-order valence-electron chi connectivity index (χ4n) is 2.70. The number of hydrogen-bond acceptors (Lipinski definition) is 3. The van der Waals surface area contributed by atoms with Crippen molar-refractivity contribution in [3.05, 3.63) is 12.3 Å². The van der Waals surface area contributed by atoms with Gasteiger partial charge in [-0.3, -0.25) is 0 Å². The SMILES string of the molecule is C=C(O)CC1CCN(C(=O)OC(C)(C)C)C(C)(C)C1. The lowest BCUT2D eigenvalue weighted by Crippen LogP contribution is -2.54. The lowest BCUT2D eigenvalue weighted by Gasteiger charge is -2.45. The number of aliphatic hydroxyl groups is 1. The third-order valence-electron chi connectivity index (χ3n) is 3.42. The summed E-state index contributed by atoms with van der Waals surface area (Å²) in [5, 5.41) is 9.30. The molecule has 1 rings (SSSR count). The molecular weight excluding hydrogens is 242 g/mol. The Morgan fingerprint density at radius 3 is 2.47 bits per heavy atom. The van der Waals surface area contributed by atoms with E-state index in [1.54, 1.807) is 4.90 Å². The Bertz CT molecular complexity index is 355. The first-order chi connectivity index (χ1) is 8.51. The third-order valence-corrected chi connectivity index (χ3v) is 3.42. The molecule has 1 unspecified atom stereocenters. The van der Waals surface area contributed by atoms with Crippen molar-refractivity contribution < 1.29 is 14.6 Å². The van der Waals surface area contributed by atoms with E-state index >= 15 is 0 Å². The maximum atomic E-state index is 12.2. The van der Waals surface area contributed by atoms with Crippen LogP contribution >= 0.6 is 0 Å². The molecule has 1 aliphatic heterocycles. The van der Waals surface area contributed by atoms with E-state index in [-0.39, 0.29) is 17.4 Å². The lowest BCUT2D eigenvalue weighted by molar-refractivity contribution is -0.0152. The van der Waals surface area contributed by atoms with Gasteiger partial charge in [0.1, 0.15) is 5.60 Å². The molecule has 4 nitrogen and oxygen atoms in total. The third kappa shape index (κ3) is 4.77. The Morgan fingerprint density at radius 1 is 1.47 bits per heavy atom. The molecule has 0 aliphatic carbocycles. The van der Waals surface area contributed by atoms with Crippen molar-refractivity contribution in [2.75, 3.05) is 6.54 Å². The maximum absolute atomic E-state index is 12.2. The molecule has 1 aliphatic rings. The van der Waals surface area contributed by atoms with Crippen LogP contribution < -0.4 is 0 Å². The minimum absolute atomic E-state index is 0.228. The molecule has 0 bridgehead atoms. The molecule has 0 radical (unpaired) electrons. The van der Waals surface area contributed by atoms with Crippen LogP contribution in [0.5, 0.6) is 0 Å². The molecule has 19 heavy (non-hydrogen) atoms. The topological polar surface area (TPSA) is 49.8 Å². The van der Waals surface area contributed by atoms with E-state index in [4.69, 9.17) is 4.74 Å². The second-order valence-electron chi connectivity index (χ2n) is 7.07. The van der Waals surface area contributed by atoms with Gasteiger partial charge in [-0.1, -0.05) is 6.58 Å². The Hall–Kier alpha value is -1.19. The minimum Gasteiger partial charge on any atom is -0.513 e. The molecule has 1 N–H and O–H groups in total. The molecule has 0 aromatic rings. The van der Waals surface area contributed by atoms with Crippen LogP contribution in [0.4, 0.5) is 4.79 Å². The predicted octanol–water partition coefficient (Wildman–Crippen LogP) is 3.87. The first kappa shape index (κ1) is 15.9. The van der Waals surface area contributed by atoms with E-state index in [0.717, 1.165) is 12.8 Å². The van der Waals surface area contributed by atoms with Gasteiger partial charge in [-0.15, -0.1) is 0 Å². The van der Waals surface area contributed by atoms with Crippen LogP contribution in [-0.2, 0) is 4.74 Å². The normalized spacial score (nSPS) is 23.0. The van der Waals surface area contributed by atoms with Crippen LogP contribution in [0.3, 0.4) is 0 Å². The first-order valence-electron chi connectivity index (χ1n) is 6.88. The van der Waals surface area contributed by atoms with Gasteiger partial charge < -0.3 is 14.7 Å². The number of allylic oxidation sites excluding steroid dienone is 1. The molecule has 1 atom stereocenters. The second-order valence-corrected chi connectivity index (χ2v) is 7.07. The molecular formula is C15H27NO3. The molecule has 1 fully saturated rings. The smallest absolute Gasteiger partial charge is 0.410 e. The number of nitrogens with zero attached hydrogens (tertiary/aromatic N) is 1. The van der Waals surface area contributed by atoms with Crippen molar-refractivity contribution in [1.82, 2.24) is 4.90 Å². The number of hydrogen-bond donors (Lipinski definition) is 1. The van der Waals surface area contributed by atoms with Gasteiger partial charge >= 0.3 is 6.09 Å². The molecule has 1 heterocycles. The summed E-state index contributed by atoms with van der Waals surface area (Å²) in [6, 6.07) is 0. The van der Waals surface area contributed by atoms with Crippen LogP contribution in [0.1, 0.15) is 53.9 Å². The average molecular weight is 269 g/mol. The van der Waals surface area contributed by atoms with Crippen LogP contribution in [0.25, 0.3) is 0 Å².